The molecule has 0 fully saturated rings. The molecule has 0 spiro atoms. The summed E-state index contributed by atoms with van der Waals surface area (Å²) in [6, 6.07) is 4.34. The number of hydrogen-bond acceptors (Lipinski definition) is 2. The van der Waals surface area contributed by atoms with Crippen LogP contribution in [0.25, 0.3) is 0 Å². The molecule has 0 unspecified atom stereocenters. The monoisotopic (exact) mass is 450 g/mol. The highest BCUT2D eigenvalue weighted by Gasteiger charge is 2.32. The lowest BCUT2D eigenvalue weighted by atomic mass is 10.1. The van der Waals surface area contributed by atoms with E-state index in [2.05, 4.69) is 26.2 Å². The first-order valence-electron chi connectivity index (χ1n) is 6.85. The second-order valence-corrected chi connectivity index (χ2v) is 6.94. The first-order valence-corrected chi connectivity index (χ1v) is 8.40. The van der Waals surface area contributed by atoms with Crippen molar-refractivity contribution < 1.29 is 18.0 Å². The van der Waals surface area contributed by atoms with Crippen molar-refractivity contribution in [1.29, 1.82) is 0 Å². The number of rotatable bonds is 1. The van der Waals surface area contributed by atoms with Gasteiger partial charge in [-0.2, -0.15) is 13.2 Å². The minimum Gasteiger partial charge on any atom is -0.320 e. The van der Waals surface area contributed by atoms with Crippen LogP contribution < -0.4 is 5.32 Å². The lowest BCUT2D eigenvalue weighted by Gasteiger charge is -2.09. The van der Waals surface area contributed by atoms with Crippen molar-refractivity contribution >= 4 is 62.1 Å². The van der Waals surface area contributed by atoms with Crippen molar-refractivity contribution in [2.75, 3.05) is 5.32 Å². The van der Waals surface area contributed by atoms with Crippen molar-refractivity contribution in [3.8, 4) is 0 Å². The molecule has 130 valence electrons. The second-order valence-electron chi connectivity index (χ2n) is 5.30. The Bertz CT molecular complexity index is 942. The summed E-state index contributed by atoms with van der Waals surface area (Å²) in [6.45, 7) is 1.71. The van der Waals surface area contributed by atoms with Crippen LogP contribution in [0.1, 0.15) is 16.7 Å². The van der Waals surface area contributed by atoms with Gasteiger partial charge >= 0.3 is 6.18 Å². The van der Waals surface area contributed by atoms with Gasteiger partial charge in [0.1, 0.15) is 5.71 Å². The van der Waals surface area contributed by atoms with E-state index < -0.39 is 17.6 Å². The van der Waals surface area contributed by atoms with E-state index >= 15 is 0 Å². The summed E-state index contributed by atoms with van der Waals surface area (Å²) in [5.41, 5.74) is 0.463. The molecule has 1 amide bonds. The number of aliphatic imine (C=N–C) groups is 1. The van der Waals surface area contributed by atoms with E-state index in [-0.39, 0.29) is 16.4 Å². The molecule has 2 aromatic carbocycles. The first-order chi connectivity index (χ1) is 11.6. The van der Waals surface area contributed by atoms with Crippen LogP contribution in [0.5, 0.6) is 0 Å². The maximum Gasteiger partial charge on any atom is 0.416 e. The fraction of sp³-hybridized carbons (Fsp3) is 0.125. The topological polar surface area (TPSA) is 41.5 Å². The Morgan fingerprint density at radius 1 is 1.20 bits per heavy atom. The standard InChI is InChI=1S/C16H8BrCl2F3N2O/c1-6-12(19)9(17)5-8-13(6)24-15(25)14(8)23-11-4-7(16(20,21)22)2-3-10(11)18/h2-5H,1H3,(H,23,24,25). The highest BCUT2D eigenvalue weighted by molar-refractivity contribution is 9.10. The highest BCUT2D eigenvalue weighted by Crippen LogP contribution is 2.39. The Balaban J connectivity index is 2.18. The van der Waals surface area contributed by atoms with Crippen LogP contribution in [0.15, 0.2) is 33.7 Å². The lowest BCUT2D eigenvalue weighted by molar-refractivity contribution is -0.137. The average molecular weight is 452 g/mol. The van der Waals surface area contributed by atoms with Gasteiger partial charge in [0.05, 0.1) is 27.0 Å². The first kappa shape index (κ1) is 18.2. The number of benzene rings is 2. The number of alkyl halides is 3. The summed E-state index contributed by atoms with van der Waals surface area (Å²) in [4.78, 5) is 16.3. The van der Waals surface area contributed by atoms with Crippen LogP contribution in [-0.2, 0) is 11.0 Å². The van der Waals surface area contributed by atoms with E-state index in [9.17, 15) is 18.0 Å². The molecule has 3 nitrogen and oxygen atoms in total. The quantitative estimate of drug-likeness (QED) is 0.554. The maximum atomic E-state index is 12.9. The van der Waals surface area contributed by atoms with Gasteiger partial charge in [0.15, 0.2) is 0 Å². The highest BCUT2D eigenvalue weighted by atomic mass is 79.9. The van der Waals surface area contributed by atoms with E-state index in [4.69, 9.17) is 23.2 Å². The number of carbonyl (C=O) groups excluding carboxylic acids is 1. The Morgan fingerprint density at radius 2 is 1.88 bits per heavy atom. The molecule has 1 N–H and O–H groups in total. The van der Waals surface area contributed by atoms with E-state index in [0.29, 0.717) is 26.3 Å². The third-order valence-corrected chi connectivity index (χ3v) is 5.33. The van der Waals surface area contributed by atoms with E-state index in [1.165, 1.54) is 0 Å². The molecule has 0 atom stereocenters. The van der Waals surface area contributed by atoms with Gasteiger partial charge in [-0.1, -0.05) is 23.2 Å². The van der Waals surface area contributed by atoms with Gasteiger partial charge in [-0.3, -0.25) is 4.79 Å². The number of nitrogens with one attached hydrogen (secondary N) is 1. The molecular weight excluding hydrogens is 444 g/mol. The van der Waals surface area contributed by atoms with E-state index in [1.54, 1.807) is 13.0 Å². The molecule has 1 heterocycles. The summed E-state index contributed by atoms with van der Waals surface area (Å²) < 4.78 is 39.2. The number of amides is 1. The molecule has 0 saturated heterocycles. The fourth-order valence-electron chi connectivity index (χ4n) is 2.40. The van der Waals surface area contributed by atoms with Gasteiger partial charge in [0.25, 0.3) is 5.91 Å². The van der Waals surface area contributed by atoms with Crippen molar-refractivity contribution in [2.24, 2.45) is 4.99 Å². The van der Waals surface area contributed by atoms with Gasteiger partial charge in [0.2, 0.25) is 0 Å². The molecule has 3 rings (SSSR count). The fourth-order valence-corrected chi connectivity index (χ4v) is 3.24. The summed E-state index contributed by atoms with van der Waals surface area (Å²) in [5, 5.41) is 3.06. The summed E-state index contributed by atoms with van der Waals surface area (Å²) in [6.07, 6.45) is -4.54. The van der Waals surface area contributed by atoms with Crippen molar-refractivity contribution in [1.82, 2.24) is 0 Å². The molecular formula is C16H8BrCl2F3N2O. The zero-order chi connectivity index (χ0) is 18.5. The molecule has 9 heteroatoms. The maximum absolute atomic E-state index is 12.9. The van der Waals surface area contributed by atoms with Gasteiger partial charge in [-0.15, -0.1) is 0 Å². The number of nitrogens with zero attached hydrogens (tertiary/aromatic N) is 1. The number of anilines is 1. The molecule has 0 aromatic heterocycles. The molecule has 0 radical (unpaired) electrons. The molecule has 0 saturated carbocycles. The van der Waals surface area contributed by atoms with E-state index in [1.807, 2.05) is 0 Å². The van der Waals surface area contributed by atoms with Gasteiger partial charge < -0.3 is 5.32 Å². The van der Waals surface area contributed by atoms with Crippen molar-refractivity contribution in [2.45, 2.75) is 13.1 Å². The minimum atomic E-state index is -4.54. The number of hydrogen-bond donors (Lipinski definition) is 1. The minimum absolute atomic E-state index is 0.00602. The summed E-state index contributed by atoms with van der Waals surface area (Å²) in [7, 11) is 0. The predicted octanol–water partition coefficient (Wildman–Crippen LogP) is 6.16. The van der Waals surface area contributed by atoms with Crippen molar-refractivity contribution in [3.63, 3.8) is 0 Å². The number of fused-ring (bicyclic) bond motifs is 1. The van der Waals surface area contributed by atoms with Gasteiger partial charge in [0, 0.05) is 10.0 Å². The normalized spacial score (nSPS) is 15.5. The molecule has 25 heavy (non-hydrogen) atoms. The smallest absolute Gasteiger partial charge is 0.320 e. The van der Waals surface area contributed by atoms with Crippen LogP contribution in [0, 0.1) is 6.92 Å². The lowest BCUT2D eigenvalue weighted by Crippen LogP contribution is -2.14. The molecule has 2 aromatic rings. The zero-order valence-electron chi connectivity index (χ0n) is 12.4. The summed E-state index contributed by atoms with van der Waals surface area (Å²) in [5.74, 6) is -0.541. The van der Waals surface area contributed by atoms with Crippen LogP contribution in [0.4, 0.5) is 24.5 Å². The third-order valence-electron chi connectivity index (χ3n) is 3.67. The summed E-state index contributed by atoms with van der Waals surface area (Å²) >= 11 is 15.4. The van der Waals surface area contributed by atoms with Crippen LogP contribution in [0.3, 0.4) is 0 Å². The Morgan fingerprint density at radius 3 is 2.52 bits per heavy atom. The Kier molecular flexibility index (Phi) is 4.59. The van der Waals surface area contributed by atoms with Crippen LogP contribution >= 0.6 is 39.1 Å². The number of halogens is 6. The second kappa shape index (κ2) is 6.30. The van der Waals surface area contributed by atoms with Crippen LogP contribution in [0.2, 0.25) is 10.0 Å². The molecule has 1 aliphatic rings. The van der Waals surface area contributed by atoms with Gasteiger partial charge in [-0.05, 0) is 52.7 Å². The van der Waals surface area contributed by atoms with Gasteiger partial charge in [-0.25, -0.2) is 4.99 Å². The number of carbonyl (C=O) groups is 1. The van der Waals surface area contributed by atoms with Crippen molar-refractivity contribution in [3.05, 3.63) is 55.5 Å². The average Bonchev–Trinajstić information content (AvgIpc) is 2.83. The third kappa shape index (κ3) is 3.28. The molecule has 0 aliphatic carbocycles. The molecule has 0 bridgehead atoms. The Labute approximate surface area is 159 Å². The SMILES string of the molecule is Cc1c(Cl)c(Br)cc2c1NC(=O)C2=Nc1cc(C(F)(F)F)ccc1Cl. The largest absolute Gasteiger partial charge is 0.416 e. The molecule has 1 aliphatic heterocycles. The zero-order valence-corrected chi connectivity index (χ0v) is 15.5. The van der Waals surface area contributed by atoms with E-state index in [0.717, 1.165) is 18.2 Å². The van der Waals surface area contributed by atoms with Crippen LogP contribution in [-0.4, -0.2) is 11.6 Å². The Hall–Kier alpha value is -1.57. The predicted molar refractivity (Wildman–Crippen MR) is 95.2 cm³/mol.